The lowest BCUT2D eigenvalue weighted by Crippen LogP contribution is -2.39. The van der Waals surface area contributed by atoms with Crippen molar-refractivity contribution in [1.82, 2.24) is 14.4 Å². The number of nitrogens with zero attached hydrogens (tertiary/aromatic N) is 3. The topological polar surface area (TPSA) is 161 Å². The second kappa shape index (κ2) is 18.8. The van der Waals surface area contributed by atoms with Crippen LogP contribution in [0, 0.1) is 11.6 Å². The van der Waals surface area contributed by atoms with E-state index < -0.39 is 47.5 Å². The largest absolute Gasteiger partial charge is 0.479 e. The number of hydrogen-bond acceptors (Lipinski definition) is 7. The Labute approximate surface area is 323 Å². The number of carboxylic acid groups (broad SMARTS) is 2. The third-order valence-electron chi connectivity index (χ3n) is 8.89. The molecule has 5 rings (SSSR count). The van der Waals surface area contributed by atoms with Gasteiger partial charge in [-0.1, -0.05) is 54.6 Å². The summed E-state index contributed by atoms with van der Waals surface area (Å²) in [6, 6.07) is 23.1. The van der Waals surface area contributed by atoms with Gasteiger partial charge in [0.05, 0.1) is 11.1 Å². The summed E-state index contributed by atoms with van der Waals surface area (Å²) in [5.41, 5.74) is 3.47. The number of aliphatic hydroxyl groups is 2. The van der Waals surface area contributed by atoms with Gasteiger partial charge < -0.3 is 34.8 Å². The van der Waals surface area contributed by atoms with Gasteiger partial charge in [-0.2, -0.15) is 13.2 Å². The highest BCUT2D eigenvalue weighted by Crippen LogP contribution is 2.31. The molecule has 0 bridgehead atoms. The van der Waals surface area contributed by atoms with Crippen LogP contribution in [0.2, 0.25) is 0 Å². The van der Waals surface area contributed by atoms with E-state index in [9.17, 15) is 41.1 Å². The van der Waals surface area contributed by atoms with E-state index in [2.05, 4.69) is 0 Å². The van der Waals surface area contributed by atoms with E-state index >= 15 is 0 Å². The van der Waals surface area contributed by atoms with Crippen molar-refractivity contribution in [2.75, 3.05) is 21.1 Å². The van der Waals surface area contributed by atoms with Crippen LogP contribution < -0.4 is 5.43 Å². The fourth-order valence-electron chi connectivity index (χ4n) is 5.87. The Balaban J connectivity index is 0.000000635. The highest BCUT2D eigenvalue weighted by Gasteiger charge is 2.30. The number of benzene rings is 4. The zero-order valence-corrected chi connectivity index (χ0v) is 31.0. The van der Waals surface area contributed by atoms with E-state index in [0.717, 1.165) is 34.9 Å². The summed E-state index contributed by atoms with van der Waals surface area (Å²) in [5, 5.41) is 33.0. The molecule has 5 aromatic rings. The predicted molar refractivity (Wildman–Crippen MR) is 200 cm³/mol. The summed E-state index contributed by atoms with van der Waals surface area (Å²) in [6.45, 7) is 0.780. The summed E-state index contributed by atoms with van der Waals surface area (Å²) in [7, 11) is 5.52. The van der Waals surface area contributed by atoms with Crippen molar-refractivity contribution in [1.29, 1.82) is 0 Å². The molecule has 11 nitrogen and oxygen atoms in total. The number of rotatable bonds is 13. The van der Waals surface area contributed by atoms with Crippen LogP contribution in [0.3, 0.4) is 0 Å². The number of carboxylic acids is 2. The third kappa shape index (κ3) is 11.5. The normalized spacial score (nSPS) is 12.5. The number of carbonyl (C=O) groups excluding carboxylic acids is 1. The maximum Gasteiger partial charge on any atom is 0.416 e. The number of aliphatic hydroxyl groups excluding tert-OH is 2. The molecule has 1 aromatic heterocycles. The molecule has 16 heteroatoms. The van der Waals surface area contributed by atoms with Crippen molar-refractivity contribution in [2.45, 2.75) is 50.9 Å². The monoisotopic (exact) mass is 797 g/mol. The molecule has 0 aliphatic heterocycles. The number of carbonyl (C=O) groups is 3. The van der Waals surface area contributed by atoms with Gasteiger partial charge in [0, 0.05) is 37.3 Å². The van der Waals surface area contributed by atoms with E-state index in [1.807, 2.05) is 43.3 Å². The lowest BCUT2D eigenvalue weighted by molar-refractivity contribution is -0.165. The van der Waals surface area contributed by atoms with Gasteiger partial charge in [-0.15, -0.1) is 0 Å². The first-order valence-corrected chi connectivity index (χ1v) is 17.3. The number of amides is 1. The van der Waals surface area contributed by atoms with Crippen molar-refractivity contribution < 1.29 is 56.8 Å². The summed E-state index contributed by atoms with van der Waals surface area (Å²) < 4.78 is 68.9. The molecule has 0 aliphatic carbocycles. The van der Waals surface area contributed by atoms with E-state index in [0.29, 0.717) is 28.7 Å². The molecule has 0 saturated heterocycles. The van der Waals surface area contributed by atoms with Crippen LogP contribution in [0.4, 0.5) is 22.0 Å². The Morgan fingerprint density at radius 2 is 1.30 bits per heavy atom. The summed E-state index contributed by atoms with van der Waals surface area (Å²) in [5.74, 6) is -5.66. The molecule has 4 aromatic carbocycles. The molecular weight excluding hydrogens is 757 g/mol. The Kier molecular flexibility index (Phi) is 14.4. The lowest BCUT2D eigenvalue weighted by Gasteiger charge is -2.22. The average Bonchev–Trinajstić information content (AvgIpc) is 3.15. The number of fused-ring (bicyclic) bond motifs is 1. The molecule has 0 aliphatic rings. The molecule has 0 radical (unpaired) electrons. The van der Waals surface area contributed by atoms with Gasteiger partial charge >= 0.3 is 18.1 Å². The Morgan fingerprint density at radius 1 is 0.737 bits per heavy atom. The minimum Gasteiger partial charge on any atom is -0.479 e. The van der Waals surface area contributed by atoms with Gasteiger partial charge in [0.2, 0.25) is 5.91 Å². The first-order chi connectivity index (χ1) is 26.8. The highest BCUT2D eigenvalue weighted by molar-refractivity contribution is 5.84. The van der Waals surface area contributed by atoms with Gasteiger partial charge in [0.15, 0.2) is 29.3 Å². The SMILES string of the molecule is CN(C)Cc1ccc2c(=O)cc(CCc3cccc(F)c3F)n(CC(=O)N(C)Cc3ccc(-c4ccc(C(F)(F)F)cc4)cc3)c2c1.O=C(O)C(O)C(O)C(=O)O. The van der Waals surface area contributed by atoms with Crippen molar-refractivity contribution in [2.24, 2.45) is 0 Å². The fraction of sp³-hybridized carbons (Fsp3) is 0.268. The van der Waals surface area contributed by atoms with E-state index in [4.69, 9.17) is 20.4 Å². The minimum absolute atomic E-state index is 0.0939. The fourth-order valence-corrected chi connectivity index (χ4v) is 5.87. The molecular formula is C41H40F5N3O8. The van der Waals surface area contributed by atoms with Crippen LogP contribution in [0.5, 0.6) is 0 Å². The van der Waals surface area contributed by atoms with Gasteiger partial charge in [0.1, 0.15) is 6.54 Å². The van der Waals surface area contributed by atoms with Gasteiger partial charge in [-0.3, -0.25) is 9.59 Å². The number of aliphatic carboxylic acids is 2. The summed E-state index contributed by atoms with van der Waals surface area (Å²) in [6.07, 6.45) is -8.61. The molecule has 2 atom stereocenters. The van der Waals surface area contributed by atoms with Crippen LogP contribution in [0.25, 0.3) is 22.0 Å². The Morgan fingerprint density at radius 3 is 1.84 bits per heavy atom. The molecule has 0 saturated carbocycles. The molecule has 0 spiro atoms. The second-order valence-electron chi connectivity index (χ2n) is 13.5. The molecule has 0 fully saturated rings. The van der Waals surface area contributed by atoms with E-state index in [-0.39, 0.29) is 42.8 Å². The maximum atomic E-state index is 14.5. The maximum absolute atomic E-state index is 14.5. The summed E-state index contributed by atoms with van der Waals surface area (Å²) in [4.78, 5) is 49.9. The third-order valence-corrected chi connectivity index (χ3v) is 8.89. The van der Waals surface area contributed by atoms with Gasteiger partial charge in [-0.25, -0.2) is 18.4 Å². The number of aromatic nitrogens is 1. The predicted octanol–water partition coefficient (Wildman–Crippen LogP) is 5.35. The molecule has 4 N–H and O–H groups in total. The van der Waals surface area contributed by atoms with Gasteiger partial charge in [-0.05, 0) is 85.1 Å². The van der Waals surface area contributed by atoms with Gasteiger partial charge in [0.25, 0.3) is 0 Å². The number of aryl methyl sites for hydroxylation is 2. The molecule has 2 unspecified atom stereocenters. The van der Waals surface area contributed by atoms with Crippen molar-refractivity contribution in [3.05, 3.63) is 141 Å². The standard InChI is InChI=1S/C37H34F5N3O2.C4H6O6/c1-43(2)21-25-9-18-31-33(19-25)45(30(20-34(31)46)17-14-28-5-4-6-32(38)36(28)39)23-35(47)44(3)22-24-7-10-26(11-8-24)27-12-15-29(16-13-27)37(40,41)42;5-1(3(7)8)2(6)4(9)10/h4-13,15-16,18-20H,14,17,21-23H2,1-3H3;1-2,5-6H,(H,7,8)(H,9,10). The molecule has 1 amide bonds. The summed E-state index contributed by atoms with van der Waals surface area (Å²) >= 11 is 0. The van der Waals surface area contributed by atoms with E-state index in [1.54, 1.807) is 34.7 Å². The number of hydrogen-bond donors (Lipinski definition) is 4. The van der Waals surface area contributed by atoms with Crippen molar-refractivity contribution >= 4 is 28.7 Å². The number of likely N-dealkylation sites (N-methyl/N-ethyl adjacent to an activating group) is 1. The van der Waals surface area contributed by atoms with Crippen LogP contribution in [0.15, 0.2) is 95.8 Å². The lowest BCUT2D eigenvalue weighted by atomic mass is 10.0. The first kappa shape index (κ1) is 43.8. The van der Waals surface area contributed by atoms with Crippen LogP contribution in [0.1, 0.15) is 27.9 Å². The number of pyridine rings is 1. The zero-order valence-electron chi connectivity index (χ0n) is 31.0. The average molecular weight is 798 g/mol. The number of alkyl halides is 3. The van der Waals surface area contributed by atoms with Crippen LogP contribution in [-0.2, 0) is 53.0 Å². The first-order valence-electron chi connectivity index (χ1n) is 17.3. The van der Waals surface area contributed by atoms with E-state index in [1.165, 1.54) is 30.3 Å². The molecule has 1 heterocycles. The molecule has 302 valence electrons. The number of halogens is 5. The van der Waals surface area contributed by atoms with Crippen molar-refractivity contribution in [3.63, 3.8) is 0 Å². The quantitative estimate of drug-likeness (QED) is 0.115. The van der Waals surface area contributed by atoms with Crippen molar-refractivity contribution in [3.8, 4) is 11.1 Å². The Hall–Kier alpha value is -5.97. The van der Waals surface area contributed by atoms with Crippen LogP contribution >= 0.6 is 0 Å². The highest BCUT2D eigenvalue weighted by atomic mass is 19.4. The second-order valence-corrected chi connectivity index (χ2v) is 13.5. The molecule has 57 heavy (non-hydrogen) atoms. The van der Waals surface area contributed by atoms with Crippen LogP contribution in [-0.4, -0.2) is 86.0 Å². The minimum atomic E-state index is -4.41. The zero-order chi connectivity index (χ0) is 42.2. The smallest absolute Gasteiger partial charge is 0.416 e. The Bertz CT molecular complexity index is 2260.